The molecule has 1 N–H and O–H groups in total. The molecule has 0 unspecified atom stereocenters. The third kappa shape index (κ3) is 4.44. The van der Waals surface area contributed by atoms with Crippen molar-refractivity contribution in [3.63, 3.8) is 0 Å². The summed E-state index contributed by atoms with van der Waals surface area (Å²) in [6.07, 6.45) is -0.767. The highest BCUT2D eigenvalue weighted by atomic mass is 79.9. The second kappa shape index (κ2) is 6.91. The molecule has 3 nitrogen and oxygen atoms in total. The first-order valence-corrected chi connectivity index (χ1v) is 7.31. The number of rotatable bonds is 4. The normalized spacial score (nSPS) is 11.8. The quantitative estimate of drug-likeness (QED) is 0.848. The van der Waals surface area contributed by atoms with Gasteiger partial charge in [0.2, 0.25) is 0 Å². The molecule has 2 aromatic carbocycles. The molecule has 0 bridgehead atoms. The molecule has 0 aliphatic rings. The van der Waals surface area contributed by atoms with Gasteiger partial charge in [-0.15, -0.1) is 0 Å². The van der Waals surface area contributed by atoms with Crippen molar-refractivity contribution in [3.05, 3.63) is 57.8 Å². The number of carbonyl (C=O) groups excluding carboxylic acids is 1. The molecule has 110 valence electrons. The minimum atomic E-state index is -0.767. The van der Waals surface area contributed by atoms with Crippen LogP contribution in [0, 0.1) is 5.82 Å². The summed E-state index contributed by atoms with van der Waals surface area (Å²) >= 11 is 9.17. The van der Waals surface area contributed by atoms with Gasteiger partial charge >= 0.3 is 0 Å². The van der Waals surface area contributed by atoms with E-state index < -0.39 is 11.9 Å². The van der Waals surface area contributed by atoms with Crippen molar-refractivity contribution >= 4 is 39.1 Å². The molecule has 2 rings (SSSR count). The Balaban J connectivity index is 2.00. The van der Waals surface area contributed by atoms with Gasteiger partial charge in [-0.2, -0.15) is 0 Å². The van der Waals surface area contributed by atoms with Gasteiger partial charge in [0.05, 0.1) is 5.02 Å². The zero-order chi connectivity index (χ0) is 15.4. The van der Waals surface area contributed by atoms with Gasteiger partial charge in [-0.25, -0.2) is 4.39 Å². The van der Waals surface area contributed by atoms with E-state index in [9.17, 15) is 9.18 Å². The Morgan fingerprint density at radius 2 is 1.95 bits per heavy atom. The average molecular weight is 373 g/mol. The largest absolute Gasteiger partial charge is 0.479 e. The lowest BCUT2D eigenvalue weighted by Crippen LogP contribution is -2.30. The lowest BCUT2D eigenvalue weighted by molar-refractivity contribution is -0.122. The van der Waals surface area contributed by atoms with Crippen LogP contribution in [-0.2, 0) is 4.79 Å². The van der Waals surface area contributed by atoms with Gasteiger partial charge in [-0.05, 0) is 49.4 Å². The van der Waals surface area contributed by atoms with Crippen LogP contribution in [0.2, 0.25) is 5.02 Å². The Hall–Kier alpha value is -1.59. The van der Waals surface area contributed by atoms with Crippen molar-refractivity contribution in [1.82, 2.24) is 0 Å². The number of anilines is 1. The first-order chi connectivity index (χ1) is 9.95. The third-order valence-corrected chi connectivity index (χ3v) is 3.50. The molecule has 1 amide bonds. The van der Waals surface area contributed by atoms with Crippen molar-refractivity contribution < 1.29 is 13.9 Å². The van der Waals surface area contributed by atoms with Crippen LogP contribution in [0.4, 0.5) is 10.1 Å². The van der Waals surface area contributed by atoms with E-state index in [2.05, 4.69) is 21.2 Å². The molecule has 6 heteroatoms. The maximum Gasteiger partial charge on any atom is 0.265 e. The van der Waals surface area contributed by atoms with Gasteiger partial charge in [0.25, 0.3) is 5.91 Å². The van der Waals surface area contributed by atoms with Crippen molar-refractivity contribution in [2.45, 2.75) is 13.0 Å². The Morgan fingerprint density at radius 3 is 2.57 bits per heavy atom. The van der Waals surface area contributed by atoms with Gasteiger partial charge in [-0.1, -0.05) is 27.5 Å². The Bertz CT molecular complexity index is 649. The zero-order valence-electron chi connectivity index (χ0n) is 11.1. The molecule has 0 radical (unpaired) electrons. The number of hydrogen-bond donors (Lipinski definition) is 1. The second-order valence-corrected chi connectivity index (χ2v) is 5.65. The molecule has 1 atom stereocenters. The molecule has 0 saturated heterocycles. The topological polar surface area (TPSA) is 38.3 Å². The molecular weight excluding hydrogens is 361 g/mol. The van der Waals surface area contributed by atoms with Crippen molar-refractivity contribution in [2.24, 2.45) is 0 Å². The molecule has 0 spiro atoms. The molecule has 21 heavy (non-hydrogen) atoms. The highest BCUT2D eigenvalue weighted by Gasteiger charge is 2.16. The maximum absolute atomic E-state index is 12.9. The molecular formula is C15H12BrClFNO2. The standard InChI is InChI=1S/C15H12BrClFNO2/c1-9(21-14-7-4-11(18)8-13(14)17)15(20)19-12-5-2-10(16)3-6-12/h2-9H,1H3,(H,19,20)/t9-/m1/s1. The molecule has 2 aromatic rings. The van der Waals surface area contributed by atoms with Crippen LogP contribution >= 0.6 is 27.5 Å². The first kappa shape index (κ1) is 15.8. The van der Waals surface area contributed by atoms with Crippen LogP contribution in [0.5, 0.6) is 5.75 Å². The number of carbonyl (C=O) groups is 1. The summed E-state index contributed by atoms with van der Waals surface area (Å²) in [5, 5.41) is 2.84. The van der Waals surface area contributed by atoms with Crippen LogP contribution in [0.3, 0.4) is 0 Å². The Labute approximate surface area is 135 Å². The fourth-order valence-electron chi connectivity index (χ4n) is 1.59. The summed E-state index contributed by atoms with van der Waals surface area (Å²) in [4.78, 5) is 12.0. The minimum absolute atomic E-state index is 0.123. The average Bonchev–Trinajstić information content (AvgIpc) is 2.44. The predicted molar refractivity (Wildman–Crippen MR) is 84.3 cm³/mol. The fourth-order valence-corrected chi connectivity index (χ4v) is 2.07. The van der Waals surface area contributed by atoms with Crippen LogP contribution in [0.15, 0.2) is 46.9 Å². The monoisotopic (exact) mass is 371 g/mol. The number of ether oxygens (including phenoxy) is 1. The van der Waals surface area contributed by atoms with E-state index in [0.717, 1.165) is 10.5 Å². The summed E-state index contributed by atoms with van der Waals surface area (Å²) in [6.45, 7) is 1.59. The van der Waals surface area contributed by atoms with E-state index in [4.69, 9.17) is 16.3 Å². The highest BCUT2D eigenvalue weighted by molar-refractivity contribution is 9.10. The van der Waals surface area contributed by atoms with Gasteiger partial charge in [0, 0.05) is 10.2 Å². The lowest BCUT2D eigenvalue weighted by Gasteiger charge is -2.15. The summed E-state index contributed by atoms with van der Waals surface area (Å²) < 4.78 is 19.3. The number of halogens is 3. The number of nitrogens with one attached hydrogen (secondary N) is 1. The van der Waals surface area contributed by atoms with E-state index >= 15 is 0 Å². The Morgan fingerprint density at radius 1 is 1.29 bits per heavy atom. The summed E-state index contributed by atoms with van der Waals surface area (Å²) in [5.74, 6) is -0.520. The van der Waals surface area contributed by atoms with Crippen molar-refractivity contribution in [3.8, 4) is 5.75 Å². The lowest BCUT2D eigenvalue weighted by atomic mass is 10.3. The first-order valence-electron chi connectivity index (χ1n) is 6.14. The van der Waals surface area contributed by atoms with Gasteiger partial charge < -0.3 is 10.1 Å². The summed E-state index contributed by atoms with van der Waals surface area (Å²) in [6, 6.07) is 10.9. The van der Waals surface area contributed by atoms with E-state index in [1.165, 1.54) is 12.1 Å². The number of amides is 1. The zero-order valence-corrected chi connectivity index (χ0v) is 13.4. The molecule has 0 aliphatic carbocycles. The number of benzene rings is 2. The second-order valence-electron chi connectivity index (χ2n) is 4.33. The molecule has 0 aromatic heterocycles. The van der Waals surface area contributed by atoms with E-state index in [1.54, 1.807) is 19.1 Å². The molecule has 0 aliphatic heterocycles. The van der Waals surface area contributed by atoms with Gasteiger partial charge in [0.15, 0.2) is 6.10 Å². The van der Waals surface area contributed by atoms with Crippen LogP contribution in [0.25, 0.3) is 0 Å². The summed E-state index contributed by atoms with van der Waals surface area (Å²) in [5.41, 5.74) is 0.656. The predicted octanol–water partition coefficient (Wildman–Crippen LogP) is 4.65. The SMILES string of the molecule is C[C@@H](Oc1ccc(F)cc1Cl)C(=O)Nc1ccc(Br)cc1. The van der Waals surface area contributed by atoms with Crippen LogP contribution < -0.4 is 10.1 Å². The number of hydrogen-bond acceptors (Lipinski definition) is 2. The van der Waals surface area contributed by atoms with E-state index in [1.807, 2.05) is 12.1 Å². The van der Waals surface area contributed by atoms with Gasteiger partial charge in [0.1, 0.15) is 11.6 Å². The van der Waals surface area contributed by atoms with E-state index in [-0.39, 0.29) is 16.7 Å². The Kier molecular flexibility index (Phi) is 5.20. The van der Waals surface area contributed by atoms with Crippen LogP contribution in [-0.4, -0.2) is 12.0 Å². The third-order valence-electron chi connectivity index (χ3n) is 2.68. The smallest absolute Gasteiger partial charge is 0.265 e. The molecule has 0 fully saturated rings. The highest BCUT2D eigenvalue weighted by Crippen LogP contribution is 2.26. The summed E-state index contributed by atoms with van der Waals surface area (Å²) in [7, 11) is 0. The van der Waals surface area contributed by atoms with E-state index in [0.29, 0.717) is 5.69 Å². The maximum atomic E-state index is 12.9. The van der Waals surface area contributed by atoms with Crippen LogP contribution in [0.1, 0.15) is 6.92 Å². The fraction of sp³-hybridized carbons (Fsp3) is 0.133. The van der Waals surface area contributed by atoms with Crippen molar-refractivity contribution in [1.29, 1.82) is 0 Å². The molecule has 0 heterocycles. The minimum Gasteiger partial charge on any atom is -0.479 e. The van der Waals surface area contributed by atoms with Gasteiger partial charge in [-0.3, -0.25) is 4.79 Å². The molecule has 0 saturated carbocycles. The van der Waals surface area contributed by atoms with Crippen molar-refractivity contribution in [2.75, 3.05) is 5.32 Å².